The summed E-state index contributed by atoms with van der Waals surface area (Å²) in [6.07, 6.45) is 2.67. The third kappa shape index (κ3) is 4.20. The minimum absolute atomic E-state index is 0.269. The molecule has 15 heavy (non-hydrogen) atoms. The van der Waals surface area contributed by atoms with E-state index in [0.717, 1.165) is 30.7 Å². The van der Waals surface area contributed by atoms with E-state index in [9.17, 15) is 5.11 Å². The van der Waals surface area contributed by atoms with E-state index in [1.54, 1.807) is 0 Å². The molecule has 1 rings (SSSR count). The van der Waals surface area contributed by atoms with Crippen molar-refractivity contribution in [3.63, 3.8) is 0 Å². The van der Waals surface area contributed by atoms with E-state index in [2.05, 4.69) is 0 Å². The van der Waals surface area contributed by atoms with Gasteiger partial charge in [-0.25, -0.2) is 0 Å². The van der Waals surface area contributed by atoms with Crippen molar-refractivity contribution in [1.29, 1.82) is 0 Å². The number of hydrogen-bond donors (Lipinski definition) is 2. The third-order valence-electron chi connectivity index (χ3n) is 2.44. The largest absolute Gasteiger partial charge is 0.387 e. The molecule has 0 saturated heterocycles. The highest BCUT2D eigenvalue weighted by atomic mass is 35.5. The predicted molar refractivity (Wildman–Crippen MR) is 64.1 cm³/mol. The lowest BCUT2D eigenvalue weighted by Gasteiger charge is -2.08. The van der Waals surface area contributed by atoms with Gasteiger partial charge in [-0.15, -0.1) is 11.6 Å². The Hall–Kier alpha value is -0.570. The monoisotopic (exact) mass is 227 g/mol. The normalized spacial score (nSPS) is 12.7. The molecule has 1 aromatic rings. The number of unbranched alkanes of at least 4 members (excludes halogenated alkanes) is 1. The van der Waals surface area contributed by atoms with Gasteiger partial charge in [0.2, 0.25) is 0 Å². The molecule has 0 aliphatic heterocycles. The molecule has 0 amide bonds. The number of aryl methyl sites for hydroxylation is 1. The van der Waals surface area contributed by atoms with Crippen LogP contribution in [0.5, 0.6) is 0 Å². The van der Waals surface area contributed by atoms with Crippen LogP contribution in [0.4, 0.5) is 0 Å². The Labute approximate surface area is 96.1 Å². The van der Waals surface area contributed by atoms with E-state index in [1.165, 1.54) is 5.56 Å². The Morgan fingerprint density at radius 3 is 2.40 bits per heavy atom. The molecule has 0 bridgehead atoms. The number of nitrogens with two attached hydrogens (primary N) is 1. The van der Waals surface area contributed by atoms with Crippen molar-refractivity contribution in [2.24, 2.45) is 5.73 Å². The van der Waals surface area contributed by atoms with Crippen LogP contribution in [0.3, 0.4) is 0 Å². The fraction of sp³-hybridized carbons (Fsp3) is 0.500. The minimum atomic E-state index is -0.540. The van der Waals surface area contributed by atoms with Gasteiger partial charge in [0.05, 0.1) is 6.10 Å². The molecule has 0 aliphatic carbocycles. The summed E-state index contributed by atoms with van der Waals surface area (Å²) in [4.78, 5) is 0. The molecule has 1 atom stereocenters. The number of hydrogen-bond acceptors (Lipinski definition) is 2. The van der Waals surface area contributed by atoms with Crippen LogP contribution < -0.4 is 5.73 Å². The van der Waals surface area contributed by atoms with Crippen LogP contribution in [0.2, 0.25) is 0 Å². The molecule has 3 heteroatoms. The highest BCUT2D eigenvalue weighted by Gasteiger charge is 2.03. The van der Waals surface area contributed by atoms with Crippen LogP contribution in [-0.4, -0.2) is 17.5 Å². The van der Waals surface area contributed by atoms with E-state index in [0.29, 0.717) is 0 Å². The van der Waals surface area contributed by atoms with Crippen molar-refractivity contribution in [3.8, 4) is 0 Å². The second kappa shape index (κ2) is 6.83. The summed E-state index contributed by atoms with van der Waals surface area (Å²) in [6.45, 7) is 0.269. The summed E-state index contributed by atoms with van der Waals surface area (Å²) >= 11 is 5.61. The molecule has 0 radical (unpaired) electrons. The lowest BCUT2D eigenvalue weighted by atomic mass is 10.0. The van der Waals surface area contributed by atoms with Crippen molar-refractivity contribution in [2.75, 3.05) is 12.4 Å². The zero-order chi connectivity index (χ0) is 11.1. The summed E-state index contributed by atoms with van der Waals surface area (Å²) < 4.78 is 0. The predicted octanol–water partition coefficient (Wildman–Crippen LogP) is 2.24. The first kappa shape index (κ1) is 12.5. The zero-order valence-electron chi connectivity index (χ0n) is 8.82. The standard InChI is InChI=1S/C12H18ClNO/c13-8-2-1-3-10-4-6-11(7-5-10)12(15)9-14/h4-7,12,15H,1-3,8-9,14H2/t12-/m0/s1. The van der Waals surface area contributed by atoms with Crippen molar-refractivity contribution in [3.05, 3.63) is 35.4 Å². The number of aliphatic hydroxyl groups excluding tert-OH is 1. The van der Waals surface area contributed by atoms with Gasteiger partial charge in [0.1, 0.15) is 0 Å². The summed E-state index contributed by atoms with van der Waals surface area (Å²) in [6, 6.07) is 7.96. The van der Waals surface area contributed by atoms with Crippen LogP contribution in [0.15, 0.2) is 24.3 Å². The Kier molecular flexibility index (Phi) is 5.69. The summed E-state index contributed by atoms with van der Waals surface area (Å²) in [5, 5.41) is 9.49. The maximum atomic E-state index is 9.49. The van der Waals surface area contributed by atoms with E-state index >= 15 is 0 Å². The number of benzene rings is 1. The second-order valence-corrected chi connectivity index (χ2v) is 4.02. The summed E-state index contributed by atoms with van der Waals surface area (Å²) in [7, 11) is 0. The molecule has 84 valence electrons. The van der Waals surface area contributed by atoms with Crippen LogP contribution >= 0.6 is 11.6 Å². The first-order valence-electron chi connectivity index (χ1n) is 5.31. The summed E-state index contributed by atoms with van der Waals surface area (Å²) in [5.74, 6) is 0.726. The van der Waals surface area contributed by atoms with Gasteiger partial charge < -0.3 is 10.8 Å². The molecule has 2 nitrogen and oxygen atoms in total. The average molecular weight is 228 g/mol. The Morgan fingerprint density at radius 1 is 1.20 bits per heavy atom. The Bertz CT molecular complexity index is 273. The average Bonchev–Trinajstić information content (AvgIpc) is 2.29. The number of rotatable bonds is 6. The number of aliphatic hydroxyl groups is 1. The topological polar surface area (TPSA) is 46.2 Å². The molecular formula is C12H18ClNO. The van der Waals surface area contributed by atoms with E-state index in [4.69, 9.17) is 17.3 Å². The molecule has 1 aromatic carbocycles. The van der Waals surface area contributed by atoms with Gasteiger partial charge in [-0.1, -0.05) is 24.3 Å². The fourth-order valence-electron chi connectivity index (χ4n) is 1.47. The molecule has 0 unspecified atom stereocenters. The van der Waals surface area contributed by atoms with Crippen molar-refractivity contribution in [2.45, 2.75) is 25.4 Å². The van der Waals surface area contributed by atoms with Gasteiger partial charge in [0, 0.05) is 12.4 Å². The van der Waals surface area contributed by atoms with Crippen LogP contribution in [-0.2, 0) is 6.42 Å². The molecule has 0 saturated carbocycles. The highest BCUT2D eigenvalue weighted by Crippen LogP contribution is 2.13. The molecular weight excluding hydrogens is 210 g/mol. The zero-order valence-corrected chi connectivity index (χ0v) is 9.58. The van der Waals surface area contributed by atoms with E-state index < -0.39 is 6.10 Å². The van der Waals surface area contributed by atoms with Crippen molar-refractivity contribution in [1.82, 2.24) is 0 Å². The number of alkyl halides is 1. The number of halogens is 1. The molecule has 0 heterocycles. The van der Waals surface area contributed by atoms with E-state index in [1.807, 2.05) is 24.3 Å². The quantitative estimate of drug-likeness (QED) is 0.579. The Balaban J connectivity index is 2.49. The lowest BCUT2D eigenvalue weighted by Crippen LogP contribution is -2.11. The van der Waals surface area contributed by atoms with Crippen molar-refractivity contribution < 1.29 is 5.11 Å². The van der Waals surface area contributed by atoms with Gasteiger partial charge in [0.25, 0.3) is 0 Å². The second-order valence-electron chi connectivity index (χ2n) is 3.64. The molecule has 0 aliphatic rings. The van der Waals surface area contributed by atoms with Gasteiger partial charge in [-0.3, -0.25) is 0 Å². The first-order valence-corrected chi connectivity index (χ1v) is 5.84. The summed E-state index contributed by atoms with van der Waals surface area (Å²) in [5.41, 5.74) is 7.55. The molecule has 0 aromatic heterocycles. The van der Waals surface area contributed by atoms with E-state index in [-0.39, 0.29) is 6.54 Å². The smallest absolute Gasteiger partial charge is 0.0912 e. The van der Waals surface area contributed by atoms with Crippen molar-refractivity contribution >= 4 is 11.6 Å². The highest BCUT2D eigenvalue weighted by molar-refractivity contribution is 6.17. The maximum absolute atomic E-state index is 9.49. The molecule has 0 spiro atoms. The lowest BCUT2D eigenvalue weighted by molar-refractivity contribution is 0.186. The molecule has 3 N–H and O–H groups in total. The third-order valence-corrected chi connectivity index (χ3v) is 2.70. The van der Waals surface area contributed by atoms with Gasteiger partial charge in [-0.05, 0) is 30.4 Å². The molecule has 0 fully saturated rings. The first-order chi connectivity index (χ1) is 7.27. The van der Waals surface area contributed by atoms with Crippen LogP contribution in [0.25, 0.3) is 0 Å². The van der Waals surface area contributed by atoms with Gasteiger partial charge in [0.15, 0.2) is 0 Å². The van der Waals surface area contributed by atoms with Crippen LogP contribution in [0, 0.1) is 0 Å². The van der Waals surface area contributed by atoms with Gasteiger partial charge >= 0.3 is 0 Å². The minimum Gasteiger partial charge on any atom is -0.387 e. The fourth-order valence-corrected chi connectivity index (χ4v) is 1.66. The van der Waals surface area contributed by atoms with Gasteiger partial charge in [-0.2, -0.15) is 0 Å². The Morgan fingerprint density at radius 2 is 1.87 bits per heavy atom. The maximum Gasteiger partial charge on any atom is 0.0912 e. The SMILES string of the molecule is NC[C@H](O)c1ccc(CCCCCl)cc1. The van der Waals surface area contributed by atoms with Crippen LogP contribution in [0.1, 0.15) is 30.1 Å².